The maximum absolute atomic E-state index is 12.3. The van der Waals surface area contributed by atoms with Crippen molar-refractivity contribution in [2.24, 2.45) is 0 Å². The predicted octanol–water partition coefficient (Wildman–Crippen LogP) is 4.96. The van der Waals surface area contributed by atoms with Gasteiger partial charge in [-0.3, -0.25) is 0 Å². The lowest BCUT2D eigenvalue weighted by atomic mass is 10.1. The van der Waals surface area contributed by atoms with E-state index in [9.17, 15) is 13.2 Å². The van der Waals surface area contributed by atoms with Crippen molar-refractivity contribution in [3.8, 4) is 0 Å². The van der Waals surface area contributed by atoms with Crippen molar-refractivity contribution >= 4 is 23.4 Å². The molecule has 0 heterocycles. The second-order valence-electron chi connectivity index (χ2n) is 3.79. The lowest BCUT2D eigenvalue weighted by Gasteiger charge is -2.10. The van der Waals surface area contributed by atoms with Crippen LogP contribution < -0.4 is 0 Å². The Labute approximate surface area is 109 Å². The molecule has 0 radical (unpaired) electrons. The molecule has 0 bridgehead atoms. The number of hydrogen-bond acceptors (Lipinski definition) is 1. The molecule has 0 aliphatic rings. The van der Waals surface area contributed by atoms with E-state index in [0.717, 1.165) is 29.9 Å². The fraction of sp³-hybridized carbons (Fsp3) is 0.500. The molecular weight excluding hydrogens is 269 g/mol. The topological polar surface area (TPSA) is 0 Å². The Morgan fingerprint density at radius 1 is 1.24 bits per heavy atom. The SMILES string of the molecule is CC(CCCl)SCc1ccc(C(F)(F)F)cc1. The summed E-state index contributed by atoms with van der Waals surface area (Å²) in [4.78, 5) is 0. The molecule has 0 nitrogen and oxygen atoms in total. The van der Waals surface area contributed by atoms with Crippen LogP contribution in [0.25, 0.3) is 0 Å². The van der Waals surface area contributed by atoms with Gasteiger partial charge in [0.05, 0.1) is 5.56 Å². The van der Waals surface area contributed by atoms with E-state index in [1.54, 1.807) is 11.8 Å². The molecule has 17 heavy (non-hydrogen) atoms. The van der Waals surface area contributed by atoms with Crippen LogP contribution in [-0.2, 0) is 11.9 Å². The summed E-state index contributed by atoms with van der Waals surface area (Å²) >= 11 is 7.31. The quantitative estimate of drug-likeness (QED) is 0.688. The van der Waals surface area contributed by atoms with E-state index in [2.05, 4.69) is 6.92 Å². The molecule has 1 rings (SSSR count). The van der Waals surface area contributed by atoms with Crippen LogP contribution in [0.1, 0.15) is 24.5 Å². The number of halogens is 4. The van der Waals surface area contributed by atoms with Crippen LogP contribution in [-0.4, -0.2) is 11.1 Å². The zero-order valence-corrected chi connectivity index (χ0v) is 11.0. The molecule has 0 N–H and O–H groups in total. The summed E-state index contributed by atoms with van der Waals surface area (Å²) in [5.41, 5.74) is 0.310. The smallest absolute Gasteiger partial charge is 0.166 e. The Hall–Kier alpha value is -0.350. The molecule has 0 aromatic heterocycles. The highest BCUT2D eigenvalue weighted by atomic mass is 35.5. The highest BCUT2D eigenvalue weighted by Gasteiger charge is 2.29. The van der Waals surface area contributed by atoms with Crippen molar-refractivity contribution in [1.82, 2.24) is 0 Å². The van der Waals surface area contributed by atoms with Gasteiger partial charge in [-0.25, -0.2) is 0 Å². The summed E-state index contributed by atoms with van der Waals surface area (Å²) in [5.74, 6) is 1.33. The third-order valence-electron chi connectivity index (χ3n) is 2.33. The molecule has 0 spiro atoms. The Bertz CT molecular complexity index is 335. The first-order valence-corrected chi connectivity index (χ1v) is 6.85. The van der Waals surface area contributed by atoms with Gasteiger partial charge < -0.3 is 0 Å². The number of hydrogen-bond donors (Lipinski definition) is 0. The lowest BCUT2D eigenvalue weighted by Crippen LogP contribution is -2.04. The summed E-state index contributed by atoms with van der Waals surface area (Å²) in [6, 6.07) is 5.32. The molecule has 96 valence electrons. The van der Waals surface area contributed by atoms with Gasteiger partial charge in [0.2, 0.25) is 0 Å². The minimum atomic E-state index is -4.25. The predicted molar refractivity (Wildman–Crippen MR) is 67.5 cm³/mol. The molecule has 0 aliphatic carbocycles. The van der Waals surface area contributed by atoms with Crippen molar-refractivity contribution in [3.63, 3.8) is 0 Å². The van der Waals surface area contributed by atoms with Crippen LogP contribution in [0.5, 0.6) is 0 Å². The largest absolute Gasteiger partial charge is 0.416 e. The first kappa shape index (κ1) is 14.7. The summed E-state index contributed by atoms with van der Waals surface area (Å²) < 4.78 is 36.9. The highest BCUT2D eigenvalue weighted by molar-refractivity contribution is 7.99. The molecule has 1 aromatic carbocycles. The summed E-state index contributed by atoms with van der Waals surface area (Å²) in [6.07, 6.45) is -3.34. The van der Waals surface area contributed by atoms with Crippen molar-refractivity contribution in [2.45, 2.75) is 30.5 Å². The molecule has 1 unspecified atom stereocenters. The zero-order valence-electron chi connectivity index (χ0n) is 9.43. The maximum Gasteiger partial charge on any atom is 0.416 e. The van der Waals surface area contributed by atoms with Gasteiger partial charge in [-0.15, -0.1) is 11.6 Å². The fourth-order valence-electron chi connectivity index (χ4n) is 1.27. The van der Waals surface area contributed by atoms with E-state index in [0.29, 0.717) is 11.1 Å². The van der Waals surface area contributed by atoms with Gasteiger partial charge in [0.15, 0.2) is 0 Å². The van der Waals surface area contributed by atoms with Gasteiger partial charge in [0.25, 0.3) is 0 Å². The van der Waals surface area contributed by atoms with Crippen LogP contribution in [0.4, 0.5) is 13.2 Å². The van der Waals surface area contributed by atoms with E-state index in [1.165, 1.54) is 12.1 Å². The normalized spacial score (nSPS) is 13.7. The Kier molecular flexibility index (Phi) is 5.67. The lowest BCUT2D eigenvalue weighted by molar-refractivity contribution is -0.137. The first-order valence-electron chi connectivity index (χ1n) is 5.27. The number of alkyl halides is 4. The second kappa shape index (κ2) is 6.55. The Balaban J connectivity index is 2.51. The summed E-state index contributed by atoms with van der Waals surface area (Å²) in [5, 5.41) is 0.426. The minimum absolute atomic E-state index is 0.426. The van der Waals surface area contributed by atoms with E-state index in [1.807, 2.05) is 0 Å². The van der Waals surface area contributed by atoms with E-state index in [4.69, 9.17) is 11.6 Å². The fourth-order valence-corrected chi connectivity index (χ4v) is 2.68. The van der Waals surface area contributed by atoms with Crippen LogP contribution in [0.15, 0.2) is 24.3 Å². The summed E-state index contributed by atoms with van der Waals surface area (Å²) in [6.45, 7) is 2.07. The molecule has 0 amide bonds. The first-order chi connectivity index (χ1) is 7.93. The standard InChI is InChI=1S/C12H14ClF3S/c1-9(6-7-13)17-8-10-2-4-11(5-3-10)12(14,15)16/h2-5,9H,6-8H2,1H3. The van der Waals surface area contributed by atoms with Crippen molar-refractivity contribution in [3.05, 3.63) is 35.4 Å². The Morgan fingerprint density at radius 2 is 1.82 bits per heavy atom. The monoisotopic (exact) mass is 282 g/mol. The second-order valence-corrected chi connectivity index (χ2v) is 5.60. The van der Waals surface area contributed by atoms with Crippen LogP contribution in [0.3, 0.4) is 0 Å². The zero-order chi connectivity index (χ0) is 12.9. The third-order valence-corrected chi connectivity index (χ3v) is 3.85. The molecule has 1 atom stereocenters. The molecule has 0 fully saturated rings. The molecule has 5 heteroatoms. The maximum atomic E-state index is 12.3. The average molecular weight is 283 g/mol. The van der Waals surface area contributed by atoms with Crippen LogP contribution >= 0.6 is 23.4 Å². The van der Waals surface area contributed by atoms with E-state index >= 15 is 0 Å². The molecule has 0 saturated heterocycles. The van der Waals surface area contributed by atoms with Gasteiger partial charge in [0.1, 0.15) is 0 Å². The van der Waals surface area contributed by atoms with E-state index in [-0.39, 0.29) is 0 Å². The third kappa shape index (κ3) is 5.21. The summed E-state index contributed by atoms with van der Waals surface area (Å²) in [7, 11) is 0. The van der Waals surface area contributed by atoms with Crippen molar-refractivity contribution < 1.29 is 13.2 Å². The number of thioether (sulfide) groups is 1. The van der Waals surface area contributed by atoms with Crippen molar-refractivity contribution in [2.75, 3.05) is 5.88 Å². The van der Waals surface area contributed by atoms with Gasteiger partial charge in [0, 0.05) is 16.9 Å². The van der Waals surface area contributed by atoms with Crippen LogP contribution in [0, 0.1) is 0 Å². The number of benzene rings is 1. The molecular formula is C12H14ClF3S. The Morgan fingerprint density at radius 3 is 2.29 bits per heavy atom. The van der Waals surface area contributed by atoms with Gasteiger partial charge in [-0.1, -0.05) is 19.1 Å². The molecule has 1 aromatic rings. The minimum Gasteiger partial charge on any atom is -0.166 e. The van der Waals surface area contributed by atoms with Gasteiger partial charge in [-0.2, -0.15) is 24.9 Å². The van der Waals surface area contributed by atoms with Gasteiger partial charge in [-0.05, 0) is 24.1 Å². The highest BCUT2D eigenvalue weighted by Crippen LogP contribution is 2.30. The number of rotatable bonds is 5. The van der Waals surface area contributed by atoms with E-state index < -0.39 is 11.7 Å². The average Bonchev–Trinajstić information content (AvgIpc) is 2.26. The molecule has 0 aliphatic heterocycles. The molecule has 0 saturated carbocycles. The van der Waals surface area contributed by atoms with Gasteiger partial charge >= 0.3 is 6.18 Å². The van der Waals surface area contributed by atoms with Crippen molar-refractivity contribution in [1.29, 1.82) is 0 Å². The van der Waals surface area contributed by atoms with Crippen LogP contribution in [0.2, 0.25) is 0 Å².